The predicted molar refractivity (Wildman–Crippen MR) is 242 cm³/mol. The summed E-state index contributed by atoms with van der Waals surface area (Å²) in [6.07, 6.45) is 3.21. The summed E-state index contributed by atoms with van der Waals surface area (Å²) in [6.45, 7) is 0. The Bertz CT molecular complexity index is 3330. The van der Waals surface area contributed by atoms with Crippen molar-refractivity contribution in [1.29, 1.82) is 0 Å². The maximum absolute atomic E-state index is 6.80. The van der Waals surface area contributed by atoms with Crippen LogP contribution in [-0.4, -0.2) is 0 Å². The number of hydrogen-bond acceptors (Lipinski definition) is 2. The Morgan fingerprint density at radius 3 is 1.79 bits per heavy atom. The summed E-state index contributed by atoms with van der Waals surface area (Å²) in [4.78, 5) is 0. The van der Waals surface area contributed by atoms with Crippen LogP contribution in [0.2, 0.25) is 0 Å². The molecule has 3 unspecified atom stereocenters. The number of furan rings is 2. The Hall–Kier alpha value is -6.90. The van der Waals surface area contributed by atoms with Crippen molar-refractivity contribution in [3.8, 4) is 22.3 Å². The topological polar surface area (TPSA) is 26.3 Å². The number of rotatable bonds is 5. The monoisotopic (exact) mass is 744 g/mol. The molecule has 2 heterocycles. The van der Waals surface area contributed by atoms with Gasteiger partial charge in [0.15, 0.2) is 0 Å². The molecule has 1 saturated carbocycles. The number of benzene rings is 9. The standard InChI is InChI=1S/C56H40O2/c1-3-13-35(14-4-1)37-25-26-39-30-40(28-27-38(39)29-37)41-31-42(45-21-12-23-52-54(45)48-19-9-10-22-51(48)57-52)33-43(32-41)49-34-50-55-44(36-15-5-2-6-16-36)20-11-24-53(55)58-56(50)47-18-8-7-17-46(47)49/h1-30,34,41-43H,31-33H2. The Morgan fingerprint density at radius 1 is 0.345 bits per heavy atom. The molecule has 1 fully saturated rings. The highest BCUT2D eigenvalue weighted by molar-refractivity contribution is 6.20. The van der Waals surface area contributed by atoms with E-state index in [2.05, 4.69) is 188 Å². The van der Waals surface area contributed by atoms with Gasteiger partial charge in [-0.1, -0.05) is 158 Å². The van der Waals surface area contributed by atoms with Crippen LogP contribution >= 0.6 is 0 Å². The third kappa shape index (κ3) is 5.40. The van der Waals surface area contributed by atoms with Crippen LogP contribution in [0.15, 0.2) is 197 Å². The molecule has 12 rings (SSSR count). The number of para-hydroxylation sites is 1. The van der Waals surface area contributed by atoms with Gasteiger partial charge in [0.05, 0.1) is 0 Å². The predicted octanol–water partition coefficient (Wildman–Crippen LogP) is 16.0. The zero-order chi connectivity index (χ0) is 38.2. The van der Waals surface area contributed by atoms with Gasteiger partial charge in [0.25, 0.3) is 0 Å². The third-order valence-electron chi connectivity index (χ3n) is 13.1. The quantitative estimate of drug-likeness (QED) is 0.175. The third-order valence-corrected chi connectivity index (χ3v) is 13.1. The molecule has 2 aromatic heterocycles. The van der Waals surface area contributed by atoms with Crippen LogP contribution < -0.4 is 0 Å². The molecule has 0 N–H and O–H groups in total. The van der Waals surface area contributed by atoms with Gasteiger partial charge in [-0.15, -0.1) is 0 Å². The number of fused-ring (bicyclic) bond motifs is 9. The SMILES string of the molecule is c1ccc(-c2ccc3cc(C4CC(c5cc6c(oc7cccc(-c8ccccc8)c76)c6ccccc56)CC(c5cccc6oc7ccccc7c56)C4)ccc3c2)cc1. The van der Waals surface area contributed by atoms with Crippen LogP contribution in [0.4, 0.5) is 0 Å². The zero-order valence-electron chi connectivity index (χ0n) is 32.1. The zero-order valence-corrected chi connectivity index (χ0v) is 32.1. The fraction of sp³-hybridized carbons (Fsp3) is 0.107. The number of hydrogen-bond donors (Lipinski definition) is 0. The second-order valence-electron chi connectivity index (χ2n) is 16.3. The van der Waals surface area contributed by atoms with Crippen molar-refractivity contribution in [2.75, 3.05) is 0 Å². The molecule has 9 aromatic carbocycles. The molecule has 3 atom stereocenters. The van der Waals surface area contributed by atoms with Crippen molar-refractivity contribution < 1.29 is 8.83 Å². The first kappa shape index (κ1) is 33.3. The summed E-state index contributed by atoms with van der Waals surface area (Å²) in [7, 11) is 0. The first-order chi connectivity index (χ1) is 28.7. The van der Waals surface area contributed by atoms with Crippen molar-refractivity contribution in [3.05, 3.63) is 205 Å². The van der Waals surface area contributed by atoms with E-state index in [4.69, 9.17) is 8.83 Å². The van der Waals surface area contributed by atoms with E-state index in [0.29, 0.717) is 17.8 Å². The smallest absolute Gasteiger partial charge is 0.143 e. The molecule has 58 heavy (non-hydrogen) atoms. The fourth-order valence-electron chi connectivity index (χ4n) is 10.4. The van der Waals surface area contributed by atoms with Gasteiger partial charge in [-0.3, -0.25) is 0 Å². The van der Waals surface area contributed by atoms with E-state index in [-0.39, 0.29) is 0 Å². The molecule has 0 bridgehead atoms. The van der Waals surface area contributed by atoms with E-state index in [1.54, 1.807) is 0 Å². The minimum atomic E-state index is 0.316. The summed E-state index contributed by atoms with van der Waals surface area (Å²) in [5, 5.41) is 9.92. The lowest BCUT2D eigenvalue weighted by Crippen LogP contribution is -2.20. The van der Waals surface area contributed by atoms with Gasteiger partial charge in [0, 0.05) is 26.9 Å². The second-order valence-corrected chi connectivity index (χ2v) is 16.3. The maximum Gasteiger partial charge on any atom is 0.143 e. The normalized spacial score (nSPS) is 17.3. The van der Waals surface area contributed by atoms with Crippen LogP contribution in [0, 0.1) is 0 Å². The molecule has 1 aliphatic carbocycles. The largest absolute Gasteiger partial charge is 0.456 e. The lowest BCUT2D eigenvalue weighted by atomic mass is 9.67. The lowest BCUT2D eigenvalue weighted by molar-refractivity contribution is 0.354. The average Bonchev–Trinajstić information content (AvgIpc) is 3.88. The van der Waals surface area contributed by atoms with Gasteiger partial charge in [-0.05, 0) is 122 Å². The van der Waals surface area contributed by atoms with E-state index in [1.807, 2.05) is 0 Å². The lowest BCUT2D eigenvalue weighted by Gasteiger charge is -2.37. The summed E-state index contributed by atoms with van der Waals surface area (Å²) in [6, 6.07) is 68.8. The molecule has 0 radical (unpaired) electrons. The van der Waals surface area contributed by atoms with Crippen LogP contribution in [0.25, 0.3) is 87.7 Å². The summed E-state index contributed by atoms with van der Waals surface area (Å²) in [5.74, 6) is 1.02. The van der Waals surface area contributed by atoms with E-state index >= 15 is 0 Å². The molecule has 0 aliphatic heterocycles. The molecular weight excluding hydrogens is 705 g/mol. The van der Waals surface area contributed by atoms with Gasteiger partial charge in [-0.2, -0.15) is 0 Å². The molecule has 0 amide bonds. The molecular formula is C56H40O2. The van der Waals surface area contributed by atoms with E-state index in [0.717, 1.165) is 41.6 Å². The Balaban J connectivity index is 1.04. The summed E-state index contributed by atoms with van der Waals surface area (Å²) in [5.41, 5.74) is 13.0. The maximum atomic E-state index is 6.80. The van der Waals surface area contributed by atoms with Crippen LogP contribution in [0.1, 0.15) is 53.7 Å². The molecule has 276 valence electrons. The highest BCUT2D eigenvalue weighted by Gasteiger charge is 2.34. The molecule has 0 spiro atoms. The van der Waals surface area contributed by atoms with Gasteiger partial charge >= 0.3 is 0 Å². The van der Waals surface area contributed by atoms with Crippen molar-refractivity contribution in [3.63, 3.8) is 0 Å². The first-order valence-electron chi connectivity index (χ1n) is 20.6. The molecule has 2 nitrogen and oxygen atoms in total. The Labute approximate surface area is 337 Å². The highest BCUT2D eigenvalue weighted by atomic mass is 16.3. The summed E-state index contributed by atoms with van der Waals surface area (Å²) < 4.78 is 13.3. The van der Waals surface area contributed by atoms with Gasteiger partial charge in [0.1, 0.15) is 22.3 Å². The minimum Gasteiger partial charge on any atom is -0.456 e. The van der Waals surface area contributed by atoms with Crippen LogP contribution in [0.5, 0.6) is 0 Å². The van der Waals surface area contributed by atoms with E-state index in [9.17, 15) is 0 Å². The van der Waals surface area contributed by atoms with Crippen LogP contribution in [-0.2, 0) is 0 Å². The fourth-order valence-corrected chi connectivity index (χ4v) is 10.4. The average molecular weight is 745 g/mol. The van der Waals surface area contributed by atoms with Crippen molar-refractivity contribution in [2.45, 2.75) is 37.0 Å². The molecule has 1 aliphatic rings. The Kier molecular flexibility index (Phi) is 7.66. The van der Waals surface area contributed by atoms with Crippen molar-refractivity contribution in [2.24, 2.45) is 0 Å². The minimum absolute atomic E-state index is 0.316. The molecule has 2 heteroatoms. The van der Waals surface area contributed by atoms with Crippen molar-refractivity contribution in [1.82, 2.24) is 0 Å². The van der Waals surface area contributed by atoms with Gasteiger partial charge in [0.2, 0.25) is 0 Å². The summed E-state index contributed by atoms with van der Waals surface area (Å²) >= 11 is 0. The van der Waals surface area contributed by atoms with Crippen LogP contribution in [0.3, 0.4) is 0 Å². The van der Waals surface area contributed by atoms with Gasteiger partial charge in [-0.25, -0.2) is 0 Å². The highest BCUT2D eigenvalue weighted by Crippen LogP contribution is 2.53. The van der Waals surface area contributed by atoms with E-state index < -0.39 is 0 Å². The second kappa shape index (κ2) is 13.4. The first-order valence-corrected chi connectivity index (χ1v) is 20.6. The molecule has 0 saturated heterocycles. The van der Waals surface area contributed by atoms with E-state index in [1.165, 1.54) is 82.0 Å². The van der Waals surface area contributed by atoms with Crippen molar-refractivity contribution >= 4 is 65.4 Å². The Morgan fingerprint density at radius 2 is 0.966 bits per heavy atom. The molecule has 11 aromatic rings. The van der Waals surface area contributed by atoms with Gasteiger partial charge < -0.3 is 8.83 Å².